The lowest BCUT2D eigenvalue weighted by Crippen LogP contribution is -2.23. The number of benzene rings is 2. The molecular weight excluding hydrogens is 294 g/mol. The Labute approximate surface area is 143 Å². The molecule has 1 unspecified atom stereocenters. The maximum Gasteiger partial charge on any atom is 0.0352 e. The van der Waals surface area contributed by atoms with E-state index >= 15 is 0 Å². The summed E-state index contributed by atoms with van der Waals surface area (Å²) in [5.41, 5.74) is 3.76. The molecule has 0 bridgehead atoms. The lowest BCUT2D eigenvalue weighted by molar-refractivity contribution is 0.513. The van der Waals surface area contributed by atoms with E-state index in [0.717, 1.165) is 25.6 Å². The van der Waals surface area contributed by atoms with E-state index in [4.69, 9.17) is 0 Å². The van der Waals surface area contributed by atoms with Crippen molar-refractivity contribution in [2.24, 2.45) is 5.92 Å². The van der Waals surface area contributed by atoms with Crippen LogP contribution in [0.4, 0.5) is 0 Å². The lowest BCUT2D eigenvalue weighted by atomic mass is 10.00. The molecule has 1 aromatic heterocycles. The van der Waals surface area contributed by atoms with Crippen LogP contribution in [0, 0.1) is 5.92 Å². The molecule has 24 heavy (non-hydrogen) atoms. The molecule has 2 aromatic carbocycles. The van der Waals surface area contributed by atoms with Crippen molar-refractivity contribution < 1.29 is 0 Å². The highest BCUT2D eigenvalue weighted by Crippen LogP contribution is 2.27. The average molecular weight is 317 g/mol. The molecule has 1 saturated heterocycles. The van der Waals surface area contributed by atoms with Crippen LogP contribution in [0.25, 0.3) is 21.9 Å². The van der Waals surface area contributed by atoms with Gasteiger partial charge in [0, 0.05) is 29.9 Å². The van der Waals surface area contributed by atoms with Crippen LogP contribution in [0.5, 0.6) is 0 Å². The minimum Gasteiger partial charge on any atom is -0.316 e. The molecule has 1 fully saturated rings. The molecule has 3 aromatic rings. The Hall–Kier alpha value is -2.23. The van der Waals surface area contributed by atoms with Crippen LogP contribution in [0.15, 0.2) is 60.9 Å². The molecule has 1 aliphatic rings. The molecule has 4 rings (SSSR count). The Balaban J connectivity index is 1.46. The largest absolute Gasteiger partial charge is 0.316 e. The van der Waals surface area contributed by atoms with Gasteiger partial charge in [-0.2, -0.15) is 0 Å². The third-order valence-corrected chi connectivity index (χ3v) is 4.86. The normalized spacial score (nSPS) is 17.4. The smallest absolute Gasteiger partial charge is 0.0352 e. The van der Waals surface area contributed by atoms with Crippen LogP contribution in [-0.2, 0) is 6.54 Å². The molecule has 0 saturated carbocycles. The Kier molecular flexibility index (Phi) is 4.54. The number of aromatic nitrogens is 1. The number of fused-ring (bicyclic) bond motifs is 1. The zero-order valence-corrected chi connectivity index (χ0v) is 13.8. The summed E-state index contributed by atoms with van der Waals surface area (Å²) in [6.07, 6.45) is 5.18. The summed E-state index contributed by atoms with van der Waals surface area (Å²) in [6.45, 7) is 4.35. The van der Waals surface area contributed by atoms with Crippen LogP contribution in [0.2, 0.25) is 0 Å². The van der Waals surface area contributed by atoms with Crippen molar-refractivity contribution in [1.82, 2.24) is 15.6 Å². The highest BCUT2D eigenvalue weighted by atomic mass is 14.9. The highest BCUT2D eigenvalue weighted by Gasteiger charge is 2.13. The Morgan fingerprint density at radius 3 is 2.75 bits per heavy atom. The summed E-state index contributed by atoms with van der Waals surface area (Å²) >= 11 is 0. The van der Waals surface area contributed by atoms with E-state index in [9.17, 15) is 0 Å². The van der Waals surface area contributed by atoms with Gasteiger partial charge >= 0.3 is 0 Å². The summed E-state index contributed by atoms with van der Waals surface area (Å²) in [5.74, 6) is 0.783. The predicted molar refractivity (Wildman–Crippen MR) is 99.9 cm³/mol. The second-order valence-corrected chi connectivity index (χ2v) is 6.59. The summed E-state index contributed by atoms with van der Waals surface area (Å²) in [4.78, 5) is 4.39. The summed E-state index contributed by atoms with van der Waals surface area (Å²) in [6, 6.07) is 17.3. The number of nitrogens with zero attached hydrogens (tertiary/aromatic N) is 1. The van der Waals surface area contributed by atoms with Crippen molar-refractivity contribution in [2.75, 3.05) is 19.6 Å². The van der Waals surface area contributed by atoms with Crippen molar-refractivity contribution in [3.05, 3.63) is 66.5 Å². The van der Waals surface area contributed by atoms with Gasteiger partial charge in [-0.1, -0.05) is 48.5 Å². The second-order valence-electron chi connectivity index (χ2n) is 6.59. The Morgan fingerprint density at radius 2 is 1.92 bits per heavy atom. The van der Waals surface area contributed by atoms with E-state index in [0.29, 0.717) is 0 Å². The van der Waals surface area contributed by atoms with Gasteiger partial charge in [0.05, 0.1) is 0 Å². The average Bonchev–Trinajstić information content (AvgIpc) is 3.15. The molecule has 122 valence electrons. The van der Waals surface area contributed by atoms with E-state index in [1.54, 1.807) is 0 Å². The Morgan fingerprint density at radius 1 is 1.04 bits per heavy atom. The van der Waals surface area contributed by atoms with Crippen molar-refractivity contribution in [1.29, 1.82) is 0 Å². The minimum absolute atomic E-state index is 0.783. The molecule has 1 atom stereocenters. The quantitative estimate of drug-likeness (QED) is 0.755. The van der Waals surface area contributed by atoms with Crippen LogP contribution in [-0.4, -0.2) is 24.6 Å². The van der Waals surface area contributed by atoms with E-state index in [1.807, 2.05) is 12.4 Å². The fourth-order valence-corrected chi connectivity index (χ4v) is 3.46. The van der Waals surface area contributed by atoms with Gasteiger partial charge in [0.15, 0.2) is 0 Å². The molecule has 0 amide bonds. The topological polar surface area (TPSA) is 37.0 Å². The van der Waals surface area contributed by atoms with Crippen LogP contribution in [0.3, 0.4) is 0 Å². The second kappa shape index (κ2) is 7.12. The zero-order valence-electron chi connectivity index (χ0n) is 13.8. The third kappa shape index (κ3) is 3.32. The first kappa shape index (κ1) is 15.3. The van der Waals surface area contributed by atoms with E-state index in [2.05, 4.69) is 64.1 Å². The molecule has 0 spiro atoms. The number of hydrogen-bond acceptors (Lipinski definition) is 3. The lowest BCUT2D eigenvalue weighted by Gasteiger charge is -2.11. The van der Waals surface area contributed by atoms with Gasteiger partial charge in [0.1, 0.15) is 0 Å². The SMILES string of the molecule is c1ccc2c(-c3ccc(CNCC4CCNC4)cc3)cncc2c1. The molecule has 3 heteroatoms. The van der Waals surface area contributed by atoms with E-state index in [-0.39, 0.29) is 0 Å². The molecule has 0 radical (unpaired) electrons. The Bertz CT molecular complexity index is 799. The molecule has 0 aliphatic carbocycles. The molecule has 1 aliphatic heterocycles. The van der Waals surface area contributed by atoms with Gasteiger partial charge in [-0.15, -0.1) is 0 Å². The predicted octanol–water partition coefficient (Wildman–Crippen LogP) is 3.60. The van der Waals surface area contributed by atoms with Crippen molar-refractivity contribution in [3.8, 4) is 11.1 Å². The maximum atomic E-state index is 4.39. The first-order valence-electron chi connectivity index (χ1n) is 8.73. The minimum atomic E-state index is 0.783. The molecule has 2 N–H and O–H groups in total. The van der Waals surface area contributed by atoms with Gasteiger partial charge in [-0.05, 0) is 48.5 Å². The molecule has 3 nitrogen and oxygen atoms in total. The van der Waals surface area contributed by atoms with Crippen molar-refractivity contribution in [2.45, 2.75) is 13.0 Å². The standard InChI is InChI=1S/C21H23N3/c1-2-4-20-19(3-1)14-24-15-21(20)18-7-5-16(6-8-18)11-23-13-17-9-10-22-12-17/h1-8,14-15,17,22-23H,9-13H2. The number of nitrogens with one attached hydrogen (secondary N) is 2. The van der Waals surface area contributed by atoms with Crippen molar-refractivity contribution in [3.63, 3.8) is 0 Å². The highest BCUT2D eigenvalue weighted by molar-refractivity contribution is 5.95. The van der Waals surface area contributed by atoms with Crippen LogP contribution >= 0.6 is 0 Å². The van der Waals surface area contributed by atoms with Gasteiger partial charge in [-0.25, -0.2) is 0 Å². The first-order chi connectivity index (χ1) is 11.9. The van der Waals surface area contributed by atoms with Gasteiger partial charge in [0.2, 0.25) is 0 Å². The fourth-order valence-electron chi connectivity index (χ4n) is 3.46. The van der Waals surface area contributed by atoms with E-state index in [1.165, 1.54) is 40.4 Å². The first-order valence-corrected chi connectivity index (χ1v) is 8.73. The zero-order chi connectivity index (χ0) is 16.2. The van der Waals surface area contributed by atoms with E-state index < -0.39 is 0 Å². The summed E-state index contributed by atoms with van der Waals surface area (Å²) in [5, 5.41) is 9.44. The fraction of sp³-hybridized carbons (Fsp3) is 0.286. The third-order valence-electron chi connectivity index (χ3n) is 4.86. The molecular formula is C21H23N3. The molecule has 2 heterocycles. The van der Waals surface area contributed by atoms with Gasteiger partial charge in [0.25, 0.3) is 0 Å². The number of pyridine rings is 1. The monoisotopic (exact) mass is 317 g/mol. The number of hydrogen-bond donors (Lipinski definition) is 2. The summed E-state index contributed by atoms with van der Waals surface area (Å²) in [7, 11) is 0. The van der Waals surface area contributed by atoms with Crippen LogP contribution in [0.1, 0.15) is 12.0 Å². The van der Waals surface area contributed by atoms with Crippen LogP contribution < -0.4 is 10.6 Å². The van der Waals surface area contributed by atoms with Gasteiger partial charge in [-0.3, -0.25) is 4.98 Å². The van der Waals surface area contributed by atoms with Crippen molar-refractivity contribution >= 4 is 10.8 Å². The summed E-state index contributed by atoms with van der Waals surface area (Å²) < 4.78 is 0. The van der Waals surface area contributed by atoms with Gasteiger partial charge < -0.3 is 10.6 Å². The number of rotatable bonds is 5. The maximum absolute atomic E-state index is 4.39.